The number of nitrogens with zero attached hydrogens (tertiary/aromatic N) is 5. The fraction of sp³-hybridized carbons (Fsp3) is 0.650. The number of aliphatic hydroxyl groups is 1. The van der Waals surface area contributed by atoms with Crippen LogP contribution in [0.5, 0.6) is 0 Å². The lowest BCUT2D eigenvalue weighted by molar-refractivity contribution is 0.0455. The molecule has 3 rings (SSSR count). The van der Waals surface area contributed by atoms with Gasteiger partial charge < -0.3 is 10.0 Å². The molecule has 1 aliphatic heterocycles. The van der Waals surface area contributed by atoms with Crippen molar-refractivity contribution in [2.24, 2.45) is 5.92 Å². The largest absolute Gasteiger partial charge is 0.393 e. The summed E-state index contributed by atoms with van der Waals surface area (Å²) in [5, 5.41) is 14.4. The maximum Gasteiger partial charge on any atom is 0.259 e. The second-order valence-electron chi connectivity index (χ2n) is 7.36. The summed E-state index contributed by atoms with van der Waals surface area (Å²) in [4.78, 5) is 21.6. The summed E-state index contributed by atoms with van der Waals surface area (Å²) in [5.41, 5.74) is 2.25. The maximum absolute atomic E-state index is 12.9. The fourth-order valence-electron chi connectivity index (χ4n) is 3.84. The molecule has 3 heterocycles. The van der Waals surface area contributed by atoms with E-state index >= 15 is 0 Å². The van der Waals surface area contributed by atoms with E-state index in [0.717, 1.165) is 44.5 Å². The van der Waals surface area contributed by atoms with Gasteiger partial charge in [-0.3, -0.25) is 9.69 Å². The van der Waals surface area contributed by atoms with Crippen LogP contribution < -0.4 is 0 Å². The van der Waals surface area contributed by atoms with Gasteiger partial charge in [0.15, 0.2) is 5.65 Å². The van der Waals surface area contributed by atoms with Gasteiger partial charge in [0, 0.05) is 37.6 Å². The van der Waals surface area contributed by atoms with Crippen LogP contribution in [0.1, 0.15) is 56.0 Å². The highest BCUT2D eigenvalue weighted by molar-refractivity contribution is 5.99. The summed E-state index contributed by atoms with van der Waals surface area (Å²) in [5.74, 6) is 0.280. The fourth-order valence-corrected chi connectivity index (χ4v) is 3.84. The van der Waals surface area contributed by atoms with Crippen molar-refractivity contribution in [3.63, 3.8) is 0 Å². The Hall–Kier alpha value is -1.99. The molecule has 0 spiro atoms. The highest BCUT2D eigenvalue weighted by atomic mass is 16.3. The molecule has 1 aliphatic rings. The molecule has 1 saturated heterocycles. The number of aromatic nitrogens is 3. The minimum atomic E-state index is -0.259. The van der Waals surface area contributed by atoms with Crippen molar-refractivity contribution in [1.82, 2.24) is 24.4 Å². The molecule has 2 aromatic heterocycles. The number of piperidine rings is 1. The standard InChI is InChI=1S/C20H31N5O2/c1-4-18(26)16-7-9-24(10-8-16)20(27)17-12-22-25-14-15(11-21-19(17)25)13-23(5-2)6-3/h11-12,14,16,18,26H,4-10,13H2,1-3H3/t18-/m0/s1. The van der Waals surface area contributed by atoms with E-state index in [1.165, 1.54) is 0 Å². The quantitative estimate of drug-likeness (QED) is 0.805. The first-order chi connectivity index (χ1) is 13.1. The molecule has 2 aromatic rings. The van der Waals surface area contributed by atoms with E-state index < -0.39 is 0 Å². The average Bonchev–Trinajstić information content (AvgIpc) is 3.14. The van der Waals surface area contributed by atoms with Crippen molar-refractivity contribution in [2.75, 3.05) is 26.2 Å². The van der Waals surface area contributed by atoms with Gasteiger partial charge in [0.1, 0.15) is 5.56 Å². The zero-order chi connectivity index (χ0) is 19.4. The molecular formula is C20H31N5O2. The molecule has 0 bridgehead atoms. The molecule has 0 aliphatic carbocycles. The number of hydrogen-bond acceptors (Lipinski definition) is 5. The Balaban J connectivity index is 1.71. The van der Waals surface area contributed by atoms with Crippen LogP contribution >= 0.6 is 0 Å². The Labute approximate surface area is 161 Å². The molecule has 1 amide bonds. The Bertz CT molecular complexity index is 763. The number of fused-ring (bicyclic) bond motifs is 1. The third-order valence-electron chi connectivity index (χ3n) is 5.73. The molecule has 1 N–H and O–H groups in total. The number of aliphatic hydroxyl groups excluding tert-OH is 1. The molecule has 0 aromatic carbocycles. The number of carbonyl (C=O) groups is 1. The number of likely N-dealkylation sites (tertiary alicyclic amines) is 1. The topological polar surface area (TPSA) is 74.0 Å². The van der Waals surface area contributed by atoms with Crippen molar-refractivity contribution < 1.29 is 9.90 Å². The Morgan fingerprint density at radius 3 is 2.59 bits per heavy atom. The van der Waals surface area contributed by atoms with E-state index in [2.05, 4.69) is 28.8 Å². The minimum Gasteiger partial charge on any atom is -0.393 e. The number of amides is 1. The second kappa shape index (κ2) is 8.80. The summed E-state index contributed by atoms with van der Waals surface area (Å²) in [6, 6.07) is 0. The Morgan fingerprint density at radius 2 is 1.96 bits per heavy atom. The number of carbonyl (C=O) groups excluding carboxylic acids is 1. The van der Waals surface area contributed by atoms with Gasteiger partial charge >= 0.3 is 0 Å². The lowest BCUT2D eigenvalue weighted by atomic mass is 9.90. The summed E-state index contributed by atoms with van der Waals surface area (Å²) < 4.78 is 1.71. The first kappa shape index (κ1) is 19.8. The predicted octanol–water partition coefficient (Wildman–Crippen LogP) is 2.19. The number of rotatable bonds is 7. The number of hydrogen-bond donors (Lipinski definition) is 1. The zero-order valence-corrected chi connectivity index (χ0v) is 16.6. The van der Waals surface area contributed by atoms with Crippen LogP contribution in [0, 0.1) is 5.92 Å². The molecule has 1 atom stereocenters. The SMILES string of the molecule is CC[C@H](O)C1CCN(C(=O)c2cnn3cc(CN(CC)CC)cnc23)CC1. The minimum absolute atomic E-state index is 0.0153. The van der Waals surface area contributed by atoms with Gasteiger partial charge in [-0.15, -0.1) is 0 Å². The van der Waals surface area contributed by atoms with Gasteiger partial charge in [-0.25, -0.2) is 9.50 Å². The summed E-state index contributed by atoms with van der Waals surface area (Å²) >= 11 is 0. The summed E-state index contributed by atoms with van der Waals surface area (Å²) in [6.07, 6.45) is 7.63. The molecule has 7 nitrogen and oxygen atoms in total. The van der Waals surface area contributed by atoms with E-state index in [1.807, 2.05) is 24.2 Å². The molecule has 0 saturated carbocycles. The first-order valence-corrected chi connectivity index (χ1v) is 10.1. The third-order valence-corrected chi connectivity index (χ3v) is 5.73. The zero-order valence-electron chi connectivity index (χ0n) is 16.6. The van der Waals surface area contributed by atoms with E-state index in [-0.39, 0.29) is 12.0 Å². The van der Waals surface area contributed by atoms with Crippen molar-refractivity contribution in [3.05, 3.63) is 29.7 Å². The van der Waals surface area contributed by atoms with Crippen LogP contribution in [0.25, 0.3) is 5.65 Å². The summed E-state index contributed by atoms with van der Waals surface area (Å²) in [7, 11) is 0. The molecule has 148 valence electrons. The van der Waals surface area contributed by atoms with E-state index in [1.54, 1.807) is 10.7 Å². The molecule has 7 heteroatoms. The van der Waals surface area contributed by atoms with Gasteiger partial charge in [0.25, 0.3) is 5.91 Å². The van der Waals surface area contributed by atoms with Gasteiger partial charge in [-0.05, 0) is 38.3 Å². The van der Waals surface area contributed by atoms with Crippen molar-refractivity contribution in [2.45, 2.75) is 52.7 Å². The van der Waals surface area contributed by atoms with Crippen molar-refractivity contribution in [3.8, 4) is 0 Å². The van der Waals surface area contributed by atoms with Crippen molar-refractivity contribution in [1.29, 1.82) is 0 Å². The van der Waals surface area contributed by atoms with Crippen LogP contribution in [0.3, 0.4) is 0 Å². The molecule has 0 radical (unpaired) electrons. The summed E-state index contributed by atoms with van der Waals surface area (Å²) in [6.45, 7) is 10.4. The van der Waals surface area contributed by atoms with Crippen LogP contribution in [-0.4, -0.2) is 67.7 Å². The maximum atomic E-state index is 12.9. The normalized spacial score (nSPS) is 17.0. The van der Waals surface area contributed by atoms with Crippen LogP contribution in [0.15, 0.2) is 18.6 Å². The highest BCUT2D eigenvalue weighted by Gasteiger charge is 2.28. The molecule has 27 heavy (non-hydrogen) atoms. The molecule has 1 fully saturated rings. The highest BCUT2D eigenvalue weighted by Crippen LogP contribution is 2.24. The van der Waals surface area contributed by atoms with Gasteiger partial charge in [-0.1, -0.05) is 20.8 Å². The lowest BCUT2D eigenvalue weighted by Gasteiger charge is -2.33. The Kier molecular flexibility index (Phi) is 6.44. The van der Waals surface area contributed by atoms with Crippen LogP contribution in [0.2, 0.25) is 0 Å². The molecular weight excluding hydrogens is 342 g/mol. The second-order valence-corrected chi connectivity index (χ2v) is 7.36. The van der Waals surface area contributed by atoms with Crippen LogP contribution in [-0.2, 0) is 6.54 Å². The van der Waals surface area contributed by atoms with E-state index in [0.29, 0.717) is 30.2 Å². The third kappa shape index (κ3) is 4.30. The van der Waals surface area contributed by atoms with E-state index in [9.17, 15) is 9.90 Å². The van der Waals surface area contributed by atoms with E-state index in [4.69, 9.17) is 0 Å². The average molecular weight is 374 g/mol. The smallest absolute Gasteiger partial charge is 0.259 e. The monoisotopic (exact) mass is 373 g/mol. The lowest BCUT2D eigenvalue weighted by Crippen LogP contribution is -2.41. The predicted molar refractivity (Wildman–Crippen MR) is 105 cm³/mol. The first-order valence-electron chi connectivity index (χ1n) is 10.1. The van der Waals surface area contributed by atoms with Crippen LogP contribution in [0.4, 0.5) is 0 Å². The van der Waals surface area contributed by atoms with Gasteiger partial charge in [-0.2, -0.15) is 5.10 Å². The Morgan fingerprint density at radius 1 is 1.26 bits per heavy atom. The van der Waals surface area contributed by atoms with Gasteiger partial charge in [0.2, 0.25) is 0 Å². The van der Waals surface area contributed by atoms with Gasteiger partial charge in [0.05, 0.1) is 12.3 Å². The van der Waals surface area contributed by atoms with Crippen molar-refractivity contribution >= 4 is 11.6 Å². The molecule has 0 unspecified atom stereocenters.